The molecule has 23 heavy (non-hydrogen) atoms. The molecule has 1 heterocycles. The Kier molecular flexibility index (Phi) is 7.10. The van der Waals surface area contributed by atoms with E-state index in [0.29, 0.717) is 18.5 Å². The summed E-state index contributed by atoms with van der Waals surface area (Å²) in [5.41, 5.74) is 7.18. The number of hydrogen-bond donors (Lipinski definition) is 2. The zero-order chi connectivity index (χ0) is 16.5. The van der Waals surface area contributed by atoms with Crippen molar-refractivity contribution >= 4 is 5.96 Å². The predicted octanol–water partition coefficient (Wildman–Crippen LogP) is 1.46. The first kappa shape index (κ1) is 17.5. The summed E-state index contributed by atoms with van der Waals surface area (Å²) in [7, 11) is 2.20. The van der Waals surface area contributed by atoms with E-state index in [0.717, 1.165) is 39.1 Å². The van der Waals surface area contributed by atoms with Crippen molar-refractivity contribution in [2.75, 3.05) is 46.3 Å². The van der Waals surface area contributed by atoms with Crippen LogP contribution in [-0.4, -0.2) is 62.1 Å². The van der Waals surface area contributed by atoms with Gasteiger partial charge in [-0.2, -0.15) is 0 Å². The first-order valence-corrected chi connectivity index (χ1v) is 8.33. The highest BCUT2D eigenvalue weighted by Gasteiger charge is 2.25. The first-order chi connectivity index (χ1) is 11.2. The molecule has 126 valence electrons. The fraction of sp³-hybridized carbons (Fsp3) is 0.500. The molecule has 0 saturated carbocycles. The molecule has 1 atom stereocenters. The molecule has 0 amide bonds. The van der Waals surface area contributed by atoms with E-state index in [1.807, 2.05) is 0 Å². The van der Waals surface area contributed by atoms with Crippen LogP contribution in [0.3, 0.4) is 0 Å². The number of rotatable bonds is 7. The van der Waals surface area contributed by atoms with E-state index in [2.05, 4.69) is 64.1 Å². The SMILES string of the molecule is C=CCNC(N)=NCCCN1CCN(C)CC1c1ccccc1. The molecule has 0 aliphatic carbocycles. The molecule has 1 unspecified atom stereocenters. The molecule has 3 N–H and O–H groups in total. The third-order valence-electron chi connectivity index (χ3n) is 4.19. The zero-order valence-corrected chi connectivity index (χ0v) is 14.1. The highest BCUT2D eigenvalue weighted by Crippen LogP contribution is 2.24. The quantitative estimate of drug-likeness (QED) is 0.346. The van der Waals surface area contributed by atoms with Crippen LogP contribution >= 0.6 is 0 Å². The number of likely N-dealkylation sites (N-methyl/N-ethyl adjacent to an activating group) is 1. The number of guanidine groups is 1. The zero-order valence-electron chi connectivity index (χ0n) is 14.1. The second-order valence-electron chi connectivity index (χ2n) is 6.01. The van der Waals surface area contributed by atoms with Crippen molar-refractivity contribution in [3.63, 3.8) is 0 Å². The molecule has 1 aliphatic rings. The third-order valence-corrected chi connectivity index (χ3v) is 4.19. The summed E-state index contributed by atoms with van der Waals surface area (Å²) in [6.45, 7) is 9.41. The lowest BCUT2D eigenvalue weighted by molar-refractivity contribution is 0.0894. The second-order valence-corrected chi connectivity index (χ2v) is 6.01. The number of nitrogens with zero attached hydrogens (tertiary/aromatic N) is 3. The van der Waals surface area contributed by atoms with Crippen LogP contribution in [-0.2, 0) is 0 Å². The minimum atomic E-state index is 0.468. The van der Waals surface area contributed by atoms with E-state index in [9.17, 15) is 0 Å². The Bertz CT molecular complexity index is 499. The monoisotopic (exact) mass is 315 g/mol. The van der Waals surface area contributed by atoms with Gasteiger partial charge in [-0.15, -0.1) is 6.58 Å². The number of nitrogens with two attached hydrogens (primary N) is 1. The van der Waals surface area contributed by atoms with Gasteiger partial charge in [0.05, 0.1) is 0 Å². The summed E-state index contributed by atoms with van der Waals surface area (Å²) in [5, 5.41) is 3.00. The molecule has 1 aliphatic heterocycles. The maximum atomic E-state index is 5.79. The minimum absolute atomic E-state index is 0.468. The van der Waals surface area contributed by atoms with Crippen LogP contribution in [0.5, 0.6) is 0 Å². The lowest BCUT2D eigenvalue weighted by Gasteiger charge is -2.40. The van der Waals surface area contributed by atoms with Crippen LogP contribution in [0.2, 0.25) is 0 Å². The molecule has 5 heteroatoms. The molecule has 0 aromatic heterocycles. The van der Waals surface area contributed by atoms with Crippen molar-refractivity contribution in [3.8, 4) is 0 Å². The van der Waals surface area contributed by atoms with E-state index in [4.69, 9.17) is 5.73 Å². The van der Waals surface area contributed by atoms with Crippen molar-refractivity contribution in [2.45, 2.75) is 12.5 Å². The fourth-order valence-corrected chi connectivity index (χ4v) is 2.92. The smallest absolute Gasteiger partial charge is 0.188 e. The lowest BCUT2D eigenvalue weighted by Crippen LogP contribution is -2.47. The van der Waals surface area contributed by atoms with Crippen molar-refractivity contribution in [1.29, 1.82) is 0 Å². The average Bonchev–Trinajstić information content (AvgIpc) is 2.58. The van der Waals surface area contributed by atoms with Gasteiger partial charge in [0.2, 0.25) is 0 Å². The molecular weight excluding hydrogens is 286 g/mol. The van der Waals surface area contributed by atoms with E-state index < -0.39 is 0 Å². The summed E-state index contributed by atoms with van der Waals surface area (Å²) < 4.78 is 0. The van der Waals surface area contributed by atoms with E-state index >= 15 is 0 Å². The molecule has 0 spiro atoms. The molecule has 1 saturated heterocycles. The number of nitrogens with one attached hydrogen (secondary N) is 1. The van der Waals surface area contributed by atoms with Gasteiger partial charge >= 0.3 is 0 Å². The number of hydrogen-bond acceptors (Lipinski definition) is 3. The number of aliphatic imine (C=N–C) groups is 1. The van der Waals surface area contributed by atoms with Crippen molar-refractivity contribution in [3.05, 3.63) is 48.6 Å². The Morgan fingerprint density at radius 1 is 1.39 bits per heavy atom. The van der Waals surface area contributed by atoms with Gasteiger partial charge < -0.3 is 16.0 Å². The summed E-state index contributed by atoms with van der Waals surface area (Å²) in [4.78, 5) is 9.33. The van der Waals surface area contributed by atoms with Gasteiger partial charge in [0.25, 0.3) is 0 Å². The molecule has 0 bridgehead atoms. The van der Waals surface area contributed by atoms with Crippen LogP contribution < -0.4 is 11.1 Å². The van der Waals surface area contributed by atoms with Gasteiger partial charge in [0, 0.05) is 45.3 Å². The summed E-state index contributed by atoms with van der Waals surface area (Å²) >= 11 is 0. The maximum absolute atomic E-state index is 5.79. The van der Waals surface area contributed by atoms with Gasteiger partial charge in [0.15, 0.2) is 5.96 Å². The Morgan fingerprint density at radius 3 is 2.91 bits per heavy atom. The molecule has 5 nitrogen and oxygen atoms in total. The van der Waals surface area contributed by atoms with Gasteiger partial charge in [-0.05, 0) is 19.0 Å². The molecular formula is C18H29N5. The Hall–Kier alpha value is -1.85. The number of benzene rings is 1. The molecule has 2 rings (SSSR count). The van der Waals surface area contributed by atoms with Crippen molar-refractivity contribution in [2.24, 2.45) is 10.7 Å². The van der Waals surface area contributed by atoms with Crippen LogP contribution in [0.25, 0.3) is 0 Å². The fourth-order valence-electron chi connectivity index (χ4n) is 2.92. The van der Waals surface area contributed by atoms with E-state index in [1.54, 1.807) is 6.08 Å². The van der Waals surface area contributed by atoms with Crippen LogP contribution in [0.15, 0.2) is 48.0 Å². The first-order valence-electron chi connectivity index (χ1n) is 8.33. The highest BCUT2D eigenvalue weighted by atomic mass is 15.3. The van der Waals surface area contributed by atoms with Gasteiger partial charge in [0.1, 0.15) is 0 Å². The highest BCUT2D eigenvalue weighted by molar-refractivity contribution is 5.77. The topological polar surface area (TPSA) is 56.9 Å². The maximum Gasteiger partial charge on any atom is 0.188 e. The Labute approximate surface area is 139 Å². The predicted molar refractivity (Wildman–Crippen MR) is 97.6 cm³/mol. The Morgan fingerprint density at radius 2 is 2.17 bits per heavy atom. The summed E-state index contributed by atoms with van der Waals surface area (Å²) in [6, 6.07) is 11.2. The van der Waals surface area contributed by atoms with Crippen LogP contribution in [0, 0.1) is 0 Å². The number of piperazine rings is 1. The Balaban J connectivity index is 1.86. The molecule has 1 aromatic rings. The molecule has 1 aromatic carbocycles. The van der Waals surface area contributed by atoms with Gasteiger partial charge in [-0.1, -0.05) is 36.4 Å². The largest absolute Gasteiger partial charge is 0.370 e. The average molecular weight is 315 g/mol. The second kappa shape index (κ2) is 9.33. The van der Waals surface area contributed by atoms with Crippen molar-refractivity contribution in [1.82, 2.24) is 15.1 Å². The van der Waals surface area contributed by atoms with Crippen LogP contribution in [0.1, 0.15) is 18.0 Å². The minimum Gasteiger partial charge on any atom is -0.370 e. The molecule has 0 radical (unpaired) electrons. The normalized spacial score (nSPS) is 20.4. The van der Waals surface area contributed by atoms with Crippen molar-refractivity contribution < 1.29 is 0 Å². The summed E-state index contributed by atoms with van der Waals surface area (Å²) in [6.07, 6.45) is 2.79. The van der Waals surface area contributed by atoms with E-state index in [1.165, 1.54) is 5.56 Å². The van der Waals surface area contributed by atoms with Gasteiger partial charge in [-0.25, -0.2) is 0 Å². The molecule has 1 fully saturated rings. The third kappa shape index (κ3) is 5.69. The van der Waals surface area contributed by atoms with E-state index in [-0.39, 0.29) is 0 Å². The van der Waals surface area contributed by atoms with Crippen LogP contribution in [0.4, 0.5) is 0 Å². The van der Waals surface area contributed by atoms with Gasteiger partial charge in [-0.3, -0.25) is 9.89 Å². The summed E-state index contributed by atoms with van der Waals surface area (Å²) in [5.74, 6) is 0.503. The lowest BCUT2D eigenvalue weighted by atomic mass is 10.0. The standard InChI is InChI=1S/C18H29N5/c1-3-10-20-18(19)21-11-7-12-23-14-13-22(2)15-17(23)16-8-5-4-6-9-16/h3-6,8-9,17H,1,7,10-15H2,2H3,(H3,19,20,21).